The van der Waals surface area contributed by atoms with Gasteiger partial charge in [-0.1, -0.05) is 0 Å². The number of aryl methyl sites for hydroxylation is 1. The van der Waals surface area contributed by atoms with Crippen LogP contribution in [0.25, 0.3) is 5.78 Å². The van der Waals surface area contributed by atoms with Crippen LogP contribution < -0.4 is 5.73 Å². The first kappa shape index (κ1) is 12.7. The number of nitrogens with two attached hydrogens (primary N) is 1. The molecular weight excluding hydrogens is 268 g/mol. The Morgan fingerprint density at radius 1 is 1.29 bits per heavy atom. The third kappa shape index (κ3) is 1.91. The molecule has 2 aromatic rings. The van der Waals surface area contributed by atoms with Gasteiger partial charge in [0, 0.05) is 31.0 Å². The molecule has 1 aliphatic carbocycles. The van der Waals surface area contributed by atoms with Crippen LogP contribution >= 0.6 is 0 Å². The highest BCUT2D eigenvalue weighted by Gasteiger charge is 2.42. The molecule has 2 aliphatic rings. The van der Waals surface area contributed by atoms with Gasteiger partial charge in [0.2, 0.25) is 5.82 Å². The molecule has 0 spiro atoms. The molecule has 1 aliphatic heterocycles. The molecule has 2 bridgehead atoms. The van der Waals surface area contributed by atoms with Gasteiger partial charge in [-0.25, -0.2) is 4.98 Å². The van der Waals surface area contributed by atoms with E-state index in [1.807, 2.05) is 17.9 Å². The fourth-order valence-electron chi connectivity index (χ4n) is 3.59. The molecule has 2 fully saturated rings. The lowest BCUT2D eigenvalue weighted by molar-refractivity contribution is 0.0623. The van der Waals surface area contributed by atoms with E-state index >= 15 is 0 Å². The number of hydrogen-bond acceptors (Lipinski definition) is 5. The molecule has 21 heavy (non-hydrogen) atoms. The van der Waals surface area contributed by atoms with Crippen molar-refractivity contribution in [2.45, 2.75) is 25.8 Å². The van der Waals surface area contributed by atoms with Gasteiger partial charge in [0.15, 0.2) is 0 Å². The third-order valence-corrected chi connectivity index (χ3v) is 4.80. The average Bonchev–Trinajstić information content (AvgIpc) is 2.94. The molecule has 3 atom stereocenters. The molecule has 1 saturated carbocycles. The number of hydrogen-bond donors (Lipinski definition) is 1. The Morgan fingerprint density at radius 2 is 2.00 bits per heavy atom. The van der Waals surface area contributed by atoms with Crippen molar-refractivity contribution in [2.75, 3.05) is 13.1 Å². The predicted octanol–water partition coefficient (Wildman–Crippen LogP) is 0.242. The summed E-state index contributed by atoms with van der Waals surface area (Å²) in [6.07, 6.45) is 4.04. The molecule has 7 nitrogen and oxygen atoms in total. The standard InChI is InChI=1S/C14H18N6O/c1-8-4-5-20-12(17-18-14(20)16-8)13(21)19-6-9-2-3-10(7-19)11(9)15/h4-5,9-11H,2-3,6-7,15H2,1H3/t9-,10+,11?. The monoisotopic (exact) mass is 286 g/mol. The van der Waals surface area contributed by atoms with Crippen molar-refractivity contribution in [2.24, 2.45) is 17.6 Å². The van der Waals surface area contributed by atoms with E-state index in [9.17, 15) is 4.79 Å². The summed E-state index contributed by atoms with van der Waals surface area (Å²) in [5.74, 6) is 1.58. The Morgan fingerprint density at radius 3 is 2.71 bits per heavy atom. The number of nitrogens with zero attached hydrogens (tertiary/aromatic N) is 5. The van der Waals surface area contributed by atoms with Crippen LogP contribution in [0.2, 0.25) is 0 Å². The first-order valence-corrected chi connectivity index (χ1v) is 7.37. The van der Waals surface area contributed by atoms with Crippen molar-refractivity contribution < 1.29 is 4.79 Å². The molecule has 0 radical (unpaired) electrons. The zero-order valence-corrected chi connectivity index (χ0v) is 11.9. The molecule has 1 amide bonds. The van der Waals surface area contributed by atoms with Gasteiger partial charge in [-0.3, -0.25) is 9.20 Å². The first-order valence-electron chi connectivity index (χ1n) is 7.37. The van der Waals surface area contributed by atoms with E-state index in [2.05, 4.69) is 15.2 Å². The van der Waals surface area contributed by atoms with Crippen LogP contribution in [0, 0.1) is 18.8 Å². The van der Waals surface area contributed by atoms with E-state index in [0.717, 1.165) is 31.6 Å². The Bertz CT molecular complexity index is 697. The van der Waals surface area contributed by atoms with Crippen LogP contribution in [-0.4, -0.2) is 49.5 Å². The lowest BCUT2D eigenvalue weighted by Gasteiger charge is -2.35. The van der Waals surface area contributed by atoms with Gasteiger partial charge in [-0.2, -0.15) is 0 Å². The minimum atomic E-state index is -0.0723. The second-order valence-electron chi connectivity index (χ2n) is 6.15. The van der Waals surface area contributed by atoms with Gasteiger partial charge < -0.3 is 10.6 Å². The van der Waals surface area contributed by atoms with Crippen LogP contribution in [0.15, 0.2) is 12.3 Å². The lowest BCUT2D eigenvalue weighted by atomic mass is 9.93. The summed E-state index contributed by atoms with van der Waals surface area (Å²) in [6.45, 7) is 3.34. The molecule has 1 unspecified atom stereocenters. The maximum atomic E-state index is 12.7. The number of carbonyl (C=O) groups excluding carboxylic acids is 1. The zero-order chi connectivity index (χ0) is 14.6. The van der Waals surface area contributed by atoms with Crippen molar-refractivity contribution in [3.63, 3.8) is 0 Å². The highest BCUT2D eigenvalue weighted by Crippen LogP contribution is 2.35. The molecule has 1 saturated heterocycles. The van der Waals surface area contributed by atoms with E-state index < -0.39 is 0 Å². The fraction of sp³-hybridized carbons (Fsp3) is 0.571. The molecule has 2 aromatic heterocycles. The lowest BCUT2D eigenvalue weighted by Crippen LogP contribution is -2.51. The Hall–Kier alpha value is -2.02. The van der Waals surface area contributed by atoms with Crippen molar-refractivity contribution in [1.29, 1.82) is 0 Å². The minimum Gasteiger partial charge on any atom is -0.335 e. The quantitative estimate of drug-likeness (QED) is 0.811. The highest BCUT2D eigenvalue weighted by molar-refractivity contribution is 5.91. The predicted molar refractivity (Wildman–Crippen MR) is 75.6 cm³/mol. The van der Waals surface area contributed by atoms with E-state index in [4.69, 9.17) is 5.73 Å². The summed E-state index contributed by atoms with van der Waals surface area (Å²) in [5.41, 5.74) is 7.05. The molecule has 3 heterocycles. The minimum absolute atomic E-state index is 0.0723. The Labute approximate surface area is 122 Å². The number of fused-ring (bicyclic) bond motifs is 3. The molecule has 7 heteroatoms. The normalized spacial score (nSPS) is 28.3. The summed E-state index contributed by atoms with van der Waals surface area (Å²) in [6, 6.07) is 2.09. The van der Waals surface area contributed by atoms with E-state index in [0.29, 0.717) is 23.4 Å². The Balaban J connectivity index is 1.65. The van der Waals surface area contributed by atoms with Crippen LogP contribution in [0.3, 0.4) is 0 Å². The molecule has 2 N–H and O–H groups in total. The van der Waals surface area contributed by atoms with Gasteiger partial charge in [0.05, 0.1) is 0 Å². The van der Waals surface area contributed by atoms with Crippen molar-refractivity contribution >= 4 is 11.7 Å². The van der Waals surface area contributed by atoms with Crippen molar-refractivity contribution in [3.8, 4) is 0 Å². The number of aromatic nitrogens is 4. The second-order valence-corrected chi connectivity index (χ2v) is 6.15. The fourth-order valence-corrected chi connectivity index (χ4v) is 3.59. The van der Waals surface area contributed by atoms with Crippen molar-refractivity contribution in [1.82, 2.24) is 24.5 Å². The molecule has 4 rings (SSSR count). The van der Waals surface area contributed by atoms with E-state index in [-0.39, 0.29) is 11.9 Å². The van der Waals surface area contributed by atoms with Gasteiger partial charge in [-0.05, 0) is 37.7 Å². The number of amides is 1. The van der Waals surface area contributed by atoms with Gasteiger partial charge >= 0.3 is 0 Å². The van der Waals surface area contributed by atoms with Gasteiger partial charge in [0.1, 0.15) is 0 Å². The smallest absolute Gasteiger partial charge is 0.292 e. The first-order chi connectivity index (χ1) is 10.1. The maximum Gasteiger partial charge on any atom is 0.292 e. The van der Waals surface area contributed by atoms with Crippen LogP contribution in [0.5, 0.6) is 0 Å². The molecule has 110 valence electrons. The zero-order valence-electron chi connectivity index (χ0n) is 11.9. The number of rotatable bonds is 1. The van der Waals surface area contributed by atoms with Gasteiger partial charge in [0.25, 0.3) is 11.7 Å². The summed E-state index contributed by atoms with van der Waals surface area (Å²) < 4.78 is 1.66. The van der Waals surface area contributed by atoms with E-state index in [1.54, 1.807) is 10.6 Å². The SMILES string of the molecule is Cc1ccn2c(C(=O)N3C[C@H]4CC[C@@H](C3)C4N)nnc2n1. The van der Waals surface area contributed by atoms with Crippen LogP contribution in [0.4, 0.5) is 0 Å². The summed E-state index contributed by atoms with van der Waals surface area (Å²) in [4.78, 5) is 18.9. The van der Waals surface area contributed by atoms with Gasteiger partial charge in [-0.15, -0.1) is 10.2 Å². The van der Waals surface area contributed by atoms with E-state index in [1.165, 1.54) is 0 Å². The molecular formula is C14H18N6O. The van der Waals surface area contributed by atoms with Crippen molar-refractivity contribution in [3.05, 3.63) is 23.8 Å². The maximum absolute atomic E-state index is 12.7. The largest absolute Gasteiger partial charge is 0.335 e. The number of carbonyl (C=O) groups is 1. The van der Waals surface area contributed by atoms with Crippen LogP contribution in [0.1, 0.15) is 29.2 Å². The topological polar surface area (TPSA) is 89.4 Å². The molecule has 0 aromatic carbocycles. The van der Waals surface area contributed by atoms with Crippen LogP contribution in [-0.2, 0) is 0 Å². The third-order valence-electron chi connectivity index (χ3n) is 4.80. The summed E-state index contributed by atoms with van der Waals surface area (Å²) in [7, 11) is 0. The Kier molecular flexibility index (Phi) is 2.72. The summed E-state index contributed by atoms with van der Waals surface area (Å²) in [5, 5.41) is 8.02. The summed E-state index contributed by atoms with van der Waals surface area (Å²) >= 11 is 0. The average molecular weight is 286 g/mol. The highest BCUT2D eigenvalue weighted by atomic mass is 16.2. The second kappa shape index (κ2) is 4.49. The number of likely N-dealkylation sites (tertiary alicyclic amines) is 1. The number of piperidine rings is 1.